The summed E-state index contributed by atoms with van der Waals surface area (Å²) >= 11 is 0. The third-order valence-electron chi connectivity index (χ3n) is 3.97. The Morgan fingerprint density at radius 3 is 2.65 bits per heavy atom. The molecule has 2 rings (SSSR count). The highest BCUT2D eigenvalue weighted by molar-refractivity contribution is 5.92. The summed E-state index contributed by atoms with van der Waals surface area (Å²) in [6.07, 6.45) is 1.01. The maximum atomic E-state index is 13.2. The summed E-state index contributed by atoms with van der Waals surface area (Å²) in [5.41, 5.74) is 1.50. The Morgan fingerprint density at radius 2 is 1.96 bits per heavy atom. The largest absolute Gasteiger partial charge is 0.497 e. The number of methoxy groups -OCH3 is 2. The van der Waals surface area contributed by atoms with Gasteiger partial charge in [0.05, 0.1) is 19.9 Å². The SMILES string of the molecule is COc1ccc(OC)c(NC(=O)CC(C)NCCc2cccc(F)c2)c1. The van der Waals surface area contributed by atoms with Crippen molar-refractivity contribution >= 4 is 11.6 Å². The minimum absolute atomic E-state index is 0.0137. The van der Waals surface area contributed by atoms with Gasteiger partial charge in [-0.2, -0.15) is 0 Å². The van der Waals surface area contributed by atoms with Crippen molar-refractivity contribution in [1.29, 1.82) is 0 Å². The third kappa shape index (κ3) is 6.04. The van der Waals surface area contributed by atoms with Gasteiger partial charge in [0, 0.05) is 18.5 Å². The Labute approximate surface area is 153 Å². The highest BCUT2D eigenvalue weighted by Gasteiger charge is 2.12. The van der Waals surface area contributed by atoms with Crippen molar-refractivity contribution in [3.05, 3.63) is 53.8 Å². The van der Waals surface area contributed by atoms with Crippen LogP contribution in [0, 0.1) is 5.82 Å². The number of carbonyl (C=O) groups excluding carboxylic acids is 1. The molecule has 5 nitrogen and oxygen atoms in total. The summed E-state index contributed by atoms with van der Waals surface area (Å²) in [5.74, 6) is 0.859. The van der Waals surface area contributed by atoms with Crippen LogP contribution in [0.4, 0.5) is 10.1 Å². The topological polar surface area (TPSA) is 59.6 Å². The fourth-order valence-electron chi connectivity index (χ4n) is 2.62. The van der Waals surface area contributed by atoms with Crippen molar-refractivity contribution in [1.82, 2.24) is 5.32 Å². The van der Waals surface area contributed by atoms with E-state index < -0.39 is 0 Å². The van der Waals surface area contributed by atoms with E-state index in [-0.39, 0.29) is 17.8 Å². The molecule has 1 unspecified atom stereocenters. The predicted molar refractivity (Wildman–Crippen MR) is 100 cm³/mol. The number of amides is 1. The molecule has 2 aromatic carbocycles. The second-order valence-electron chi connectivity index (χ2n) is 6.05. The van der Waals surface area contributed by atoms with Gasteiger partial charge >= 0.3 is 0 Å². The first-order valence-corrected chi connectivity index (χ1v) is 8.51. The lowest BCUT2D eigenvalue weighted by Crippen LogP contribution is -2.32. The molecule has 0 heterocycles. The van der Waals surface area contributed by atoms with E-state index in [1.807, 2.05) is 13.0 Å². The highest BCUT2D eigenvalue weighted by Crippen LogP contribution is 2.28. The molecule has 140 valence electrons. The molecule has 0 aliphatic carbocycles. The number of anilines is 1. The molecule has 2 aromatic rings. The standard InChI is InChI=1S/C20H25FN2O3/c1-14(22-10-9-15-5-4-6-16(21)12-15)11-20(24)23-18-13-17(25-2)7-8-19(18)26-3/h4-8,12-14,22H,9-11H2,1-3H3,(H,23,24). The van der Waals surface area contributed by atoms with Crippen LogP contribution >= 0.6 is 0 Å². The van der Waals surface area contributed by atoms with Crippen molar-refractivity contribution in [2.45, 2.75) is 25.8 Å². The maximum Gasteiger partial charge on any atom is 0.226 e. The number of nitrogens with one attached hydrogen (secondary N) is 2. The minimum Gasteiger partial charge on any atom is -0.497 e. The van der Waals surface area contributed by atoms with Gasteiger partial charge in [-0.15, -0.1) is 0 Å². The van der Waals surface area contributed by atoms with Crippen molar-refractivity contribution < 1.29 is 18.7 Å². The summed E-state index contributed by atoms with van der Waals surface area (Å²) in [5, 5.41) is 6.13. The van der Waals surface area contributed by atoms with E-state index >= 15 is 0 Å². The van der Waals surface area contributed by atoms with Crippen molar-refractivity contribution in [3.63, 3.8) is 0 Å². The molecule has 1 atom stereocenters. The van der Waals surface area contributed by atoms with Gasteiger partial charge in [0.25, 0.3) is 0 Å². The molecule has 26 heavy (non-hydrogen) atoms. The van der Waals surface area contributed by atoms with Gasteiger partial charge in [-0.3, -0.25) is 4.79 Å². The molecule has 0 saturated heterocycles. The molecule has 0 aromatic heterocycles. The summed E-state index contributed by atoms with van der Waals surface area (Å²) < 4.78 is 23.6. The van der Waals surface area contributed by atoms with Crippen LogP contribution in [0.5, 0.6) is 11.5 Å². The van der Waals surface area contributed by atoms with E-state index in [1.54, 1.807) is 38.5 Å². The molecule has 0 fully saturated rings. The normalized spacial score (nSPS) is 11.7. The molecule has 1 amide bonds. The maximum absolute atomic E-state index is 13.2. The van der Waals surface area contributed by atoms with E-state index in [9.17, 15) is 9.18 Å². The van der Waals surface area contributed by atoms with Crippen LogP contribution in [0.1, 0.15) is 18.9 Å². The summed E-state index contributed by atoms with van der Waals surface area (Å²) in [6, 6.07) is 11.8. The molecular formula is C20H25FN2O3. The molecular weight excluding hydrogens is 335 g/mol. The average molecular weight is 360 g/mol. The lowest BCUT2D eigenvalue weighted by Gasteiger charge is -2.15. The lowest BCUT2D eigenvalue weighted by atomic mass is 10.1. The van der Waals surface area contributed by atoms with Gasteiger partial charge < -0.3 is 20.1 Å². The van der Waals surface area contributed by atoms with Gasteiger partial charge in [-0.05, 0) is 49.7 Å². The van der Waals surface area contributed by atoms with E-state index in [2.05, 4.69) is 10.6 Å². The second kappa shape index (κ2) is 9.77. The molecule has 6 heteroatoms. The first kappa shape index (κ1) is 19.7. The zero-order valence-electron chi connectivity index (χ0n) is 15.3. The molecule has 0 radical (unpaired) electrons. The second-order valence-corrected chi connectivity index (χ2v) is 6.05. The van der Waals surface area contributed by atoms with Gasteiger partial charge in [-0.1, -0.05) is 12.1 Å². The van der Waals surface area contributed by atoms with Gasteiger partial charge in [-0.25, -0.2) is 4.39 Å². The highest BCUT2D eigenvalue weighted by atomic mass is 19.1. The minimum atomic E-state index is -0.234. The molecule has 2 N–H and O–H groups in total. The van der Waals surface area contributed by atoms with E-state index in [4.69, 9.17) is 9.47 Å². The van der Waals surface area contributed by atoms with Crippen LogP contribution in [0.15, 0.2) is 42.5 Å². The monoisotopic (exact) mass is 360 g/mol. The Hall–Kier alpha value is -2.60. The first-order chi connectivity index (χ1) is 12.5. The number of carbonyl (C=O) groups is 1. The number of hydrogen-bond acceptors (Lipinski definition) is 4. The summed E-state index contributed by atoms with van der Waals surface area (Å²) in [7, 11) is 3.12. The van der Waals surface area contributed by atoms with Gasteiger partial charge in [0.1, 0.15) is 17.3 Å². The van der Waals surface area contributed by atoms with Gasteiger partial charge in [0.2, 0.25) is 5.91 Å². The van der Waals surface area contributed by atoms with Crippen LogP contribution < -0.4 is 20.1 Å². The van der Waals surface area contributed by atoms with Crippen LogP contribution in [0.3, 0.4) is 0 Å². The summed E-state index contributed by atoms with van der Waals surface area (Å²) in [6.45, 7) is 2.61. The lowest BCUT2D eigenvalue weighted by molar-refractivity contribution is -0.116. The number of ether oxygens (including phenoxy) is 2. The van der Waals surface area contributed by atoms with E-state index in [1.165, 1.54) is 12.1 Å². The smallest absolute Gasteiger partial charge is 0.226 e. The quantitative estimate of drug-likeness (QED) is 0.720. The van der Waals surface area contributed by atoms with Crippen molar-refractivity contribution in [3.8, 4) is 11.5 Å². The van der Waals surface area contributed by atoms with E-state index in [0.29, 0.717) is 36.6 Å². The molecule has 0 spiro atoms. The van der Waals surface area contributed by atoms with Crippen molar-refractivity contribution in [2.24, 2.45) is 0 Å². The fraction of sp³-hybridized carbons (Fsp3) is 0.350. The fourth-order valence-corrected chi connectivity index (χ4v) is 2.62. The Balaban J connectivity index is 1.81. The number of halogens is 1. The van der Waals surface area contributed by atoms with E-state index in [0.717, 1.165) is 5.56 Å². The van der Waals surface area contributed by atoms with Crippen LogP contribution in [-0.2, 0) is 11.2 Å². The average Bonchev–Trinajstić information content (AvgIpc) is 2.61. The predicted octanol–water partition coefficient (Wildman–Crippen LogP) is 3.39. The van der Waals surface area contributed by atoms with Crippen LogP contribution in [0.2, 0.25) is 0 Å². The van der Waals surface area contributed by atoms with Crippen LogP contribution in [-0.4, -0.2) is 32.7 Å². The first-order valence-electron chi connectivity index (χ1n) is 8.51. The molecule has 0 aliphatic rings. The Kier molecular flexibility index (Phi) is 7.41. The Bertz CT molecular complexity index is 737. The number of hydrogen-bond donors (Lipinski definition) is 2. The third-order valence-corrected chi connectivity index (χ3v) is 3.97. The zero-order chi connectivity index (χ0) is 18.9. The molecule has 0 bridgehead atoms. The summed E-state index contributed by atoms with van der Waals surface area (Å²) in [4.78, 5) is 12.3. The zero-order valence-corrected chi connectivity index (χ0v) is 15.3. The molecule has 0 saturated carbocycles. The van der Waals surface area contributed by atoms with Gasteiger partial charge in [0.15, 0.2) is 0 Å². The number of rotatable bonds is 9. The van der Waals surface area contributed by atoms with Crippen molar-refractivity contribution in [2.75, 3.05) is 26.1 Å². The van der Waals surface area contributed by atoms with Crippen LogP contribution in [0.25, 0.3) is 0 Å². The Morgan fingerprint density at radius 1 is 1.15 bits per heavy atom. The number of benzene rings is 2. The molecule has 0 aliphatic heterocycles.